The van der Waals surface area contributed by atoms with Crippen LogP contribution in [0.15, 0.2) is 44.9 Å². The van der Waals surface area contributed by atoms with Gasteiger partial charge in [0.25, 0.3) is 0 Å². The molecule has 24 heavy (non-hydrogen) atoms. The normalized spacial score (nSPS) is 14.7. The molecule has 2 unspecified atom stereocenters. The van der Waals surface area contributed by atoms with Crippen LogP contribution in [0.2, 0.25) is 0 Å². The molecule has 0 aliphatic heterocycles. The maximum absolute atomic E-state index is 11.7. The van der Waals surface area contributed by atoms with Crippen LogP contribution in [0.5, 0.6) is 0 Å². The van der Waals surface area contributed by atoms with E-state index in [0.717, 1.165) is 10.2 Å². The molecule has 1 aromatic heterocycles. The Balaban J connectivity index is 2.19. The van der Waals surface area contributed by atoms with Crippen LogP contribution in [0.1, 0.15) is 13.8 Å². The van der Waals surface area contributed by atoms with Crippen molar-refractivity contribution in [2.75, 3.05) is 5.32 Å². The molecule has 1 aromatic carbocycles. The van der Waals surface area contributed by atoms with Gasteiger partial charge in [-0.05, 0) is 59.9 Å². The maximum atomic E-state index is 11.7. The molecule has 9 heteroatoms. The fourth-order valence-electron chi connectivity index (χ4n) is 1.64. The van der Waals surface area contributed by atoms with Crippen LogP contribution in [0.25, 0.3) is 0 Å². The zero-order chi connectivity index (χ0) is 17.9. The molecule has 1 heterocycles. The summed E-state index contributed by atoms with van der Waals surface area (Å²) in [4.78, 5) is 20.5. The number of hydrogen-bond donors (Lipinski definition) is 2. The highest BCUT2D eigenvalue weighted by atomic mass is 79.9. The summed E-state index contributed by atoms with van der Waals surface area (Å²) in [5.41, 5.74) is 0.722. The van der Waals surface area contributed by atoms with Gasteiger partial charge in [-0.1, -0.05) is 11.8 Å². The van der Waals surface area contributed by atoms with Crippen molar-refractivity contribution in [3.05, 3.63) is 34.9 Å². The summed E-state index contributed by atoms with van der Waals surface area (Å²) in [7, 11) is -2.73. The standard InChI is InChI=1S/C15H17BrN4O2S2/c1-9(21)10(2)23-14-13(16)8-18-15(20-14)19-11-4-6-12(7-5-11)24(3,17)22/h4-8,10H,3H2,1-2H3,(H2,17,22)(H,18,19,20). The summed E-state index contributed by atoms with van der Waals surface area (Å²) in [6.45, 7) is 3.38. The Morgan fingerprint density at radius 1 is 1.42 bits per heavy atom. The van der Waals surface area contributed by atoms with E-state index in [1.807, 2.05) is 6.92 Å². The number of aromatic nitrogens is 2. The lowest BCUT2D eigenvalue weighted by molar-refractivity contribution is -0.116. The molecular weight excluding hydrogens is 412 g/mol. The van der Waals surface area contributed by atoms with Crippen LogP contribution in [0.3, 0.4) is 0 Å². The molecule has 2 aromatic rings. The monoisotopic (exact) mass is 428 g/mol. The molecule has 0 saturated heterocycles. The Kier molecular flexibility index (Phi) is 6.02. The van der Waals surface area contributed by atoms with Gasteiger partial charge in [0, 0.05) is 16.8 Å². The Hall–Kier alpha value is -1.42. The number of Topliss-reactive ketones (excluding diaryl/α,β-unsaturated/α-hetero) is 1. The molecule has 0 aliphatic rings. The van der Waals surface area contributed by atoms with Gasteiger partial charge >= 0.3 is 0 Å². The van der Waals surface area contributed by atoms with E-state index in [2.05, 4.69) is 37.1 Å². The number of hydrogen-bond acceptors (Lipinski definition) is 6. The predicted octanol–water partition coefficient (Wildman–Crippen LogP) is 3.00. The highest BCUT2D eigenvalue weighted by Crippen LogP contribution is 2.30. The molecule has 128 valence electrons. The molecule has 0 fully saturated rings. The number of nitrogens with zero attached hydrogens (tertiary/aromatic N) is 2. The molecule has 6 nitrogen and oxygen atoms in total. The molecule has 0 aliphatic carbocycles. The van der Waals surface area contributed by atoms with Crippen LogP contribution >= 0.6 is 27.7 Å². The lowest BCUT2D eigenvalue weighted by atomic mass is 10.3. The number of halogens is 1. The number of carbonyl (C=O) groups excluding carboxylic acids is 1. The highest BCUT2D eigenvalue weighted by molar-refractivity contribution is 9.10. The van der Waals surface area contributed by atoms with Gasteiger partial charge in [0.05, 0.1) is 19.4 Å². The van der Waals surface area contributed by atoms with Gasteiger partial charge in [-0.3, -0.25) is 9.93 Å². The second kappa shape index (κ2) is 7.64. The van der Waals surface area contributed by atoms with Crippen LogP contribution < -0.4 is 10.5 Å². The van der Waals surface area contributed by atoms with E-state index in [9.17, 15) is 9.00 Å². The average Bonchev–Trinajstić information content (AvgIpc) is 2.50. The SMILES string of the molecule is C=S(N)(=O)c1ccc(Nc2ncc(Br)c(SC(C)C(C)=O)n2)cc1. The van der Waals surface area contributed by atoms with Gasteiger partial charge in [0.15, 0.2) is 0 Å². The van der Waals surface area contributed by atoms with Gasteiger partial charge in [0.2, 0.25) is 5.95 Å². The summed E-state index contributed by atoms with van der Waals surface area (Å²) in [6.07, 6.45) is 1.63. The summed E-state index contributed by atoms with van der Waals surface area (Å²) < 4.78 is 12.4. The molecule has 0 amide bonds. The maximum Gasteiger partial charge on any atom is 0.228 e. The third-order valence-electron chi connectivity index (χ3n) is 3.08. The summed E-state index contributed by atoms with van der Waals surface area (Å²) in [6, 6.07) is 6.74. The molecule has 2 rings (SSSR count). The number of rotatable bonds is 6. The van der Waals surface area contributed by atoms with Crippen molar-refractivity contribution in [3.8, 4) is 0 Å². The largest absolute Gasteiger partial charge is 0.324 e. The van der Waals surface area contributed by atoms with Crippen LogP contribution in [-0.2, 0) is 14.5 Å². The molecule has 2 atom stereocenters. The van der Waals surface area contributed by atoms with Gasteiger partial charge in [-0.2, -0.15) is 0 Å². The first kappa shape index (κ1) is 18.9. The zero-order valence-electron chi connectivity index (χ0n) is 13.2. The molecule has 0 bridgehead atoms. The van der Waals surface area contributed by atoms with E-state index in [1.165, 1.54) is 11.8 Å². The number of ketones is 1. The first-order valence-electron chi connectivity index (χ1n) is 6.88. The zero-order valence-corrected chi connectivity index (χ0v) is 16.4. The van der Waals surface area contributed by atoms with Gasteiger partial charge in [-0.25, -0.2) is 14.2 Å². The molecular formula is C15H17BrN4O2S2. The summed E-state index contributed by atoms with van der Waals surface area (Å²) in [5.74, 6) is 3.92. The minimum Gasteiger partial charge on any atom is -0.324 e. The van der Waals surface area contributed by atoms with Crippen molar-refractivity contribution in [1.82, 2.24) is 9.97 Å². The highest BCUT2D eigenvalue weighted by Gasteiger charge is 2.14. The fourth-order valence-corrected chi connectivity index (χ4v) is 3.52. The van der Waals surface area contributed by atoms with Gasteiger partial charge in [0.1, 0.15) is 10.8 Å². The minimum absolute atomic E-state index is 0.0779. The number of nitrogens with one attached hydrogen (secondary N) is 1. The summed E-state index contributed by atoms with van der Waals surface area (Å²) >= 11 is 4.75. The third-order valence-corrected chi connectivity index (χ3v) is 6.22. The first-order chi connectivity index (χ1) is 11.2. The topological polar surface area (TPSA) is 98.0 Å². The Morgan fingerprint density at radius 3 is 2.58 bits per heavy atom. The lowest BCUT2D eigenvalue weighted by Crippen LogP contribution is -2.11. The van der Waals surface area contributed by atoms with Crippen LogP contribution in [-0.4, -0.2) is 31.1 Å². The third kappa shape index (κ3) is 5.04. The van der Waals surface area contributed by atoms with E-state index in [1.54, 1.807) is 37.4 Å². The number of carbonyl (C=O) groups is 1. The first-order valence-corrected chi connectivity index (χ1v) is 10.3. The second-order valence-corrected chi connectivity index (χ2v) is 9.20. The predicted molar refractivity (Wildman–Crippen MR) is 103 cm³/mol. The average molecular weight is 429 g/mol. The van der Waals surface area contributed by atoms with Crippen LogP contribution in [0.4, 0.5) is 11.6 Å². The summed E-state index contributed by atoms with van der Waals surface area (Å²) in [5, 5.41) is 9.04. The van der Waals surface area contributed by atoms with Crippen LogP contribution in [0, 0.1) is 0 Å². The Labute approximate surface area is 153 Å². The molecule has 0 radical (unpaired) electrons. The Bertz CT molecular complexity index is 854. The molecule has 3 N–H and O–H groups in total. The fraction of sp³-hybridized carbons (Fsp3) is 0.200. The van der Waals surface area contributed by atoms with E-state index in [0.29, 0.717) is 15.9 Å². The van der Waals surface area contributed by atoms with E-state index in [-0.39, 0.29) is 11.0 Å². The number of nitrogens with two attached hydrogens (primary N) is 1. The number of benzene rings is 1. The minimum atomic E-state index is -2.73. The van der Waals surface area contributed by atoms with Gasteiger partial charge < -0.3 is 5.32 Å². The quantitative estimate of drug-likeness (QED) is 0.416. The van der Waals surface area contributed by atoms with Crippen molar-refractivity contribution in [3.63, 3.8) is 0 Å². The smallest absolute Gasteiger partial charge is 0.228 e. The molecule has 0 saturated carbocycles. The van der Waals surface area contributed by atoms with E-state index < -0.39 is 9.71 Å². The van der Waals surface area contributed by atoms with Crippen molar-refractivity contribution in [2.24, 2.45) is 5.14 Å². The number of thioether (sulfide) groups is 1. The van der Waals surface area contributed by atoms with Crippen molar-refractivity contribution < 1.29 is 9.00 Å². The van der Waals surface area contributed by atoms with Crippen molar-refractivity contribution >= 4 is 60.7 Å². The van der Waals surface area contributed by atoms with E-state index >= 15 is 0 Å². The Morgan fingerprint density at radius 2 is 2.04 bits per heavy atom. The second-order valence-electron chi connectivity index (χ2n) is 5.09. The van der Waals surface area contributed by atoms with Crippen molar-refractivity contribution in [1.29, 1.82) is 0 Å². The van der Waals surface area contributed by atoms with Gasteiger partial charge in [-0.15, -0.1) is 0 Å². The lowest BCUT2D eigenvalue weighted by Gasteiger charge is -2.11. The van der Waals surface area contributed by atoms with E-state index in [4.69, 9.17) is 5.14 Å². The molecule has 0 spiro atoms. The van der Waals surface area contributed by atoms with Crippen molar-refractivity contribution in [2.45, 2.75) is 29.0 Å². The number of anilines is 2.